The number of nitrogens with zero attached hydrogens (tertiary/aromatic N) is 2. The van der Waals surface area contributed by atoms with Gasteiger partial charge in [0.25, 0.3) is 0 Å². The van der Waals surface area contributed by atoms with Crippen LogP contribution in [0.25, 0.3) is 5.70 Å². The third-order valence-corrected chi connectivity index (χ3v) is 5.61. The monoisotopic (exact) mass is 410 g/mol. The SMILES string of the molecule is CCOC(=O)C1=C(C)N=C2SC=C(c3ccc(F)cc3)N2C1c1ccc(O)cc1. The number of benzene rings is 2. The molecule has 2 aromatic carbocycles. The Morgan fingerprint density at radius 1 is 1.21 bits per heavy atom. The molecule has 7 heteroatoms. The van der Waals surface area contributed by atoms with E-state index >= 15 is 0 Å². The Balaban J connectivity index is 1.85. The van der Waals surface area contributed by atoms with Crippen molar-refractivity contribution in [3.63, 3.8) is 0 Å². The van der Waals surface area contributed by atoms with Gasteiger partial charge in [-0.05, 0) is 61.4 Å². The van der Waals surface area contributed by atoms with Gasteiger partial charge in [-0.15, -0.1) is 0 Å². The largest absolute Gasteiger partial charge is 0.508 e. The molecule has 0 saturated heterocycles. The van der Waals surface area contributed by atoms with Crippen molar-refractivity contribution in [1.29, 1.82) is 0 Å². The van der Waals surface area contributed by atoms with E-state index in [0.29, 0.717) is 11.3 Å². The number of halogens is 1. The van der Waals surface area contributed by atoms with E-state index in [1.54, 1.807) is 50.2 Å². The molecular formula is C22H19FN2O3S. The summed E-state index contributed by atoms with van der Waals surface area (Å²) in [6.07, 6.45) is 0. The molecule has 5 nitrogen and oxygen atoms in total. The standard InChI is InChI=1S/C22H19FN2O3S/c1-3-28-21(27)19-13(2)24-22-25(20(19)15-6-10-17(26)11-7-15)18(12-29-22)14-4-8-16(23)9-5-14/h4-12,20,26H,3H2,1-2H3. The van der Waals surface area contributed by atoms with Gasteiger partial charge < -0.3 is 14.7 Å². The van der Waals surface area contributed by atoms with Crippen molar-refractivity contribution < 1.29 is 19.0 Å². The molecular weight excluding hydrogens is 391 g/mol. The number of esters is 1. The lowest BCUT2D eigenvalue weighted by molar-refractivity contribution is -0.139. The highest BCUT2D eigenvalue weighted by molar-refractivity contribution is 8.16. The first-order valence-electron chi connectivity index (χ1n) is 9.17. The second-order valence-electron chi connectivity index (χ2n) is 6.61. The lowest BCUT2D eigenvalue weighted by Gasteiger charge is -2.36. The summed E-state index contributed by atoms with van der Waals surface area (Å²) in [5.41, 5.74) is 3.48. The number of phenols is 1. The second kappa shape index (κ2) is 7.75. The molecule has 29 heavy (non-hydrogen) atoms. The maximum absolute atomic E-state index is 13.4. The minimum absolute atomic E-state index is 0.141. The number of fused-ring (bicyclic) bond motifs is 1. The summed E-state index contributed by atoms with van der Waals surface area (Å²) in [5, 5.41) is 12.4. The van der Waals surface area contributed by atoms with Gasteiger partial charge in [0.1, 0.15) is 11.6 Å². The number of hydrogen-bond acceptors (Lipinski definition) is 6. The maximum Gasteiger partial charge on any atom is 0.338 e. The summed E-state index contributed by atoms with van der Waals surface area (Å²) < 4.78 is 18.8. The lowest BCUT2D eigenvalue weighted by atomic mass is 9.93. The molecule has 148 valence electrons. The van der Waals surface area contributed by atoms with Crippen molar-refractivity contribution in [3.05, 3.63) is 82.2 Å². The number of ether oxygens (including phenoxy) is 1. The average Bonchev–Trinajstić information content (AvgIpc) is 3.11. The molecule has 0 radical (unpaired) electrons. The number of amidine groups is 1. The van der Waals surface area contributed by atoms with Gasteiger partial charge in [0.15, 0.2) is 5.17 Å². The zero-order chi connectivity index (χ0) is 20.5. The summed E-state index contributed by atoms with van der Waals surface area (Å²) >= 11 is 1.45. The molecule has 1 atom stereocenters. The summed E-state index contributed by atoms with van der Waals surface area (Å²) in [6, 6.07) is 12.5. The number of carbonyl (C=O) groups is 1. The smallest absolute Gasteiger partial charge is 0.338 e. The lowest BCUT2D eigenvalue weighted by Crippen LogP contribution is -2.36. The number of phenolic OH excluding ortho intramolecular Hbond substituents is 1. The van der Waals surface area contributed by atoms with Gasteiger partial charge in [-0.25, -0.2) is 14.2 Å². The molecule has 1 N–H and O–H groups in total. The molecule has 2 aliphatic rings. The second-order valence-corrected chi connectivity index (χ2v) is 7.44. The zero-order valence-electron chi connectivity index (χ0n) is 15.9. The van der Waals surface area contributed by atoms with Crippen LogP contribution in [-0.4, -0.2) is 27.8 Å². The van der Waals surface area contributed by atoms with Crippen LogP contribution < -0.4 is 0 Å². The average molecular weight is 410 g/mol. The van der Waals surface area contributed by atoms with Crippen LogP contribution in [0.3, 0.4) is 0 Å². The van der Waals surface area contributed by atoms with Gasteiger partial charge in [-0.3, -0.25) is 0 Å². The van der Waals surface area contributed by atoms with Crippen LogP contribution in [0.4, 0.5) is 4.39 Å². The van der Waals surface area contributed by atoms with Gasteiger partial charge >= 0.3 is 5.97 Å². The predicted octanol–water partition coefficient (Wildman–Crippen LogP) is 4.83. The van der Waals surface area contributed by atoms with Crippen molar-refractivity contribution in [2.24, 2.45) is 4.99 Å². The fourth-order valence-electron chi connectivity index (χ4n) is 3.45. The van der Waals surface area contributed by atoms with Gasteiger partial charge in [-0.2, -0.15) is 0 Å². The van der Waals surface area contributed by atoms with E-state index in [2.05, 4.69) is 4.99 Å². The number of aromatic hydroxyl groups is 1. The first-order valence-corrected chi connectivity index (χ1v) is 10.0. The Bertz CT molecular complexity index is 1040. The summed E-state index contributed by atoms with van der Waals surface area (Å²) in [4.78, 5) is 19.4. The first kappa shape index (κ1) is 19.3. The molecule has 0 fully saturated rings. The van der Waals surface area contributed by atoms with Gasteiger partial charge in [0.05, 0.1) is 29.6 Å². The number of allylic oxidation sites excluding steroid dienone is 1. The molecule has 0 spiro atoms. The fraction of sp³-hybridized carbons (Fsp3) is 0.182. The number of hydrogen-bond donors (Lipinski definition) is 1. The van der Waals surface area contributed by atoms with E-state index in [0.717, 1.165) is 22.0 Å². The Labute approximate surface area is 172 Å². The molecule has 0 aromatic heterocycles. The Kier molecular flexibility index (Phi) is 5.15. The summed E-state index contributed by atoms with van der Waals surface area (Å²) in [6.45, 7) is 3.81. The van der Waals surface area contributed by atoms with Crippen LogP contribution >= 0.6 is 11.8 Å². The minimum atomic E-state index is -0.478. The molecule has 1 unspecified atom stereocenters. The van der Waals surface area contributed by atoms with Crippen molar-refractivity contribution in [2.45, 2.75) is 19.9 Å². The molecule has 0 bridgehead atoms. The number of aliphatic imine (C=N–C) groups is 1. The van der Waals surface area contributed by atoms with Crippen molar-refractivity contribution >= 4 is 28.6 Å². The molecule has 4 rings (SSSR count). The number of thioether (sulfide) groups is 1. The topological polar surface area (TPSA) is 62.1 Å². The fourth-order valence-corrected chi connectivity index (χ4v) is 4.43. The predicted molar refractivity (Wildman–Crippen MR) is 111 cm³/mol. The van der Waals surface area contributed by atoms with Crippen LogP contribution in [0.2, 0.25) is 0 Å². The highest BCUT2D eigenvalue weighted by Crippen LogP contribution is 2.47. The molecule has 2 aliphatic heterocycles. The number of rotatable bonds is 4. The van der Waals surface area contributed by atoms with E-state index in [9.17, 15) is 14.3 Å². The van der Waals surface area contributed by atoms with Crippen molar-refractivity contribution in [3.8, 4) is 5.75 Å². The van der Waals surface area contributed by atoms with Crippen LogP contribution in [0.5, 0.6) is 5.75 Å². The molecule has 0 amide bonds. The molecule has 2 heterocycles. The van der Waals surface area contributed by atoms with E-state index in [1.165, 1.54) is 23.9 Å². The van der Waals surface area contributed by atoms with Crippen LogP contribution in [-0.2, 0) is 9.53 Å². The Hall–Kier alpha value is -3.06. The maximum atomic E-state index is 13.4. The Morgan fingerprint density at radius 2 is 1.90 bits per heavy atom. The first-order chi connectivity index (χ1) is 14.0. The molecule has 0 saturated carbocycles. The minimum Gasteiger partial charge on any atom is -0.508 e. The van der Waals surface area contributed by atoms with Crippen molar-refractivity contribution in [2.75, 3.05) is 6.61 Å². The molecule has 2 aromatic rings. The van der Waals surface area contributed by atoms with Gasteiger partial charge in [-0.1, -0.05) is 23.9 Å². The third kappa shape index (κ3) is 3.53. The summed E-state index contributed by atoms with van der Waals surface area (Å²) in [5.74, 6) is -0.603. The summed E-state index contributed by atoms with van der Waals surface area (Å²) in [7, 11) is 0. The van der Waals surface area contributed by atoms with E-state index in [-0.39, 0.29) is 18.2 Å². The highest BCUT2D eigenvalue weighted by atomic mass is 32.2. The van der Waals surface area contributed by atoms with Gasteiger partial charge in [0.2, 0.25) is 0 Å². The van der Waals surface area contributed by atoms with Gasteiger partial charge in [0, 0.05) is 5.41 Å². The molecule has 0 aliphatic carbocycles. The van der Waals surface area contributed by atoms with Crippen LogP contribution in [0.15, 0.2) is 70.2 Å². The quantitative estimate of drug-likeness (QED) is 0.732. The van der Waals surface area contributed by atoms with E-state index in [4.69, 9.17) is 4.74 Å². The third-order valence-electron chi connectivity index (χ3n) is 4.77. The normalized spacial score (nSPS) is 18.3. The number of carbonyl (C=O) groups excluding carboxylic acids is 1. The van der Waals surface area contributed by atoms with E-state index < -0.39 is 12.0 Å². The van der Waals surface area contributed by atoms with Crippen molar-refractivity contribution in [1.82, 2.24) is 4.90 Å². The van der Waals surface area contributed by atoms with Crippen LogP contribution in [0.1, 0.15) is 31.0 Å². The van der Waals surface area contributed by atoms with Crippen LogP contribution in [0, 0.1) is 5.82 Å². The highest BCUT2D eigenvalue weighted by Gasteiger charge is 2.41. The van der Waals surface area contributed by atoms with E-state index in [1.807, 2.05) is 10.3 Å². The Morgan fingerprint density at radius 3 is 2.55 bits per heavy atom. The zero-order valence-corrected chi connectivity index (χ0v) is 16.7.